The van der Waals surface area contributed by atoms with E-state index < -0.39 is 73.6 Å². The molecule has 228 valence electrons. The number of hydrogen-bond donors (Lipinski definition) is 3. The van der Waals surface area contributed by atoms with Gasteiger partial charge in [-0.25, -0.2) is 0 Å². The zero-order valence-electron chi connectivity index (χ0n) is 22.2. The second-order valence-corrected chi connectivity index (χ2v) is 11.0. The van der Waals surface area contributed by atoms with Crippen molar-refractivity contribution in [1.29, 1.82) is 0 Å². The second-order valence-electron chi connectivity index (χ2n) is 10.6. The number of amides is 3. The fraction of sp³-hybridized carbons (Fsp3) is 0.464. The molecule has 2 aliphatic rings. The maximum absolute atomic E-state index is 13.5. The van der Waals surface area contributed by atoms with Crippen LogP contribution in [0.25, 0.3) is 0 Å². The fourth-order valence-corrected chi connectivity index (χ4v) is 5.39. The molecule has 0 radical (unpaired) electrons. The van der Waals surface area contributed by atoms with Crippen molar-refractivity contribution in [2.24, 2.45) is 17.6 Å². The third kappa shape index (κ3) is 8.08. The zero-order valence-corrected chi connectivity index (χ0v) is 23.0. The highest BCUT2D eigenvalue weighted by Crippen LogP contribution is 2.48. The summed E-state index contributed by atoms with van der Waals surface area (Å²) in [4.78, 5) is 40.7. The monoisotopic (exact) mass is 618 g/mol. The Balaban J connectivity index is 1.67. The molecule has 3 atom stereocenters. The van der Waals surface area contributed by atoms with Gasteiger partial charge in [0.15, 0.2) is 0 Å². The molecule has 4 N–H and O–H groups in total. The van der Waals surface area contributed by atoms with Crippen LogP contribution >= 0.6 is 11.6 Å². The van der Waals surface area contributed by atoms with E-state index in [1.165, 1.54) is 0 Å². The molecule has 0 saturated heterocycles. The van der Waals surface area contributed by atoms with Crippen LogP contribution in [-0.4, -0.2) is 42.7 Å². The van der Waals surface area contributed by atoms with Crippen LogP contribution in [0.5, 0.6) is 0 Å². The number of alkyl halides is 6. The first kappa shape index (κ1) is 31.5. The molecule has 1 saturated carbocycles. The SMILES string of the molecule is NC(=O)[C@H](CCC(F)(F)F)[C@H](CCC(F)(F)F)C(=O)N[C@H]1CN(c2cccc(Cl)c2)c2cccc(C3CC3)c2NC1=O. The summed E-state index contributed by atoms with van der Waals surface area (Å²) in [7, 11) is 0. The van der Waals surface area contributed by atoms with Gasteiger partial charge in [-0.15, -0.1) is 0 Å². The first-order valence-electron chi connectivity index (χ1n) is 13.3. The van der Waals surface area contributed by atoms with E-state index in [4.69, 9.17) is 17.3 Å². The topological polar surface area (TPSA) is 105 Å². The molecule has 3 amide bonds. The molecule has 1 aliphatic carbocycles. The number of nitrogens with zero attached hydrogens (tertiary/aromatic N) is 1. The zero-order chi connectivity index (χ0) is 30.8. The number of para-hydroxylation sites is 1. The van der Waals surface area contributed by atoms with Gasteiger partial charge < -0.3 is 21.3 Å². The van der Waals surface area contributed by atoms with E-state index in [-0.39, 0.29) is 12.5 Å². The lowest BCUT2D eigenvalue weighted by Crippen LogP contribution is -2.52. The van der Waals surface area contributed by atoms with Crippen molar-refractivity contribution in [1.82, 2.24) is 5.32 Å². The molecule has 14 heteroatoms. The summed E-state index contributed by atoms with van der Waals surface area (Å²) in [5.41, 5.74) is 7.83. The van der Waals surface area contributed by atoms with Gasteiger partial charge in [-0.1, -0.05) is 29.8 Å². The van der Waals surface area contributed by atoms with E-state index in [9.17, 15) is 40.7 Å². The van der Waals surface area contributed by atoms with E-state index in [0.29, 0.717) is 22.1 Å². The summed E-state index contributed by atoms with van der Waals surface area (Å²) in [5.74, 6) is -6.68. The predicted octanol–water partition coefficient (Wildman–Crippen LogP) is 6.20. The smallest absolute Gasteiger partial charge is 0.369 e. The van der Waals surface area contributed by atoms with Gasteiger partial charge in [0.05, 0.1) is 17.9 Å². The Morgan fingerprint density at radius 3 is 2.19 bits per heavy atom. The number of nitrogens with one attached hydrogen (secondary N) is 2. The molecule has 2 aromatic rings. The van der Waals surface area contributed by atoms with Crippen LogP contribution in [0.3, 0.4) is 0 Å². The Bertz CT molecular complexity index is 1330. The summed E-state index contributed by atoms with van der Waals surface area (Å²) in [5, 5.41) is 5.62. The number of anilines is 3. The van der Waals surface area contributed by atoms with Gasteiger partial charge in [-0.2, -0.15) is 26.3 Å². The largest absolute Gasteiger partial charge is 0.389 e. The van der Waals surface area contributed by atoms with E-state index in [0.717, 1.165) is 18.4 Å². The fourth-order valence-electron chi connectivity index (χ4n) is 5.20. The number of carbonyl (C=O) groups is 3. The van der Waals surface area contributed by atoms with Crippen LogP contribution in [0.1, 0.15) is 50.0 Å². The number of halogens is 7. The molecule has 0 spiro atoms. The Kier molecular flexibility index (Phi) is 9.29. The number of rotatable bonds is 10. The molecule has 4 rings (SSSR count). The van der Waals surface area contributed by atoms with Gasteiger partial charge in [-0.3, -0.25) is 14.4 Å². The van der Waals surface area contributed by atoms with Gasteiger partial charge in [0.25, 0.3) is 0 Å². The minimum absolute atomic E-state index is 0.186. The van der Waals surface area contributed by atoms with Crippen molar-refractivity contribution in [2.75, 3.05) is 16.8 Å². The van der Waals surface area contributed by atoms with Crippen molar-refractivity contribution in [2.45, 2.75) is 62.8 Å². The molecule has 2 aromatic carbocycles. The molecule has 0 bridgehead atoms. The number of benzene rings is 2. The maximum Gasteiger partial charge on any atom is 0.389 e. The highest BCUT2D eigenvalue weighted by Gasteiger charge is 2.41. The number of nitrogens with two attached hydrogens (primary N) is 1. The normalized spacial score (nSPS) is 18.9. The Hall–Kier alpha value is -3.48. The lowest BCUT2D eigenvalue weighted by molar-refractivity contribution is -0.152. The van der Waals surface area contributed by atoms with Crippen molar-refractivity contribution in [3.63, 3.8) is 0 Å². The quantitative estimate of drug-likeness (QED) is 0.276. The van der Waals surface area contributed by atoms with E-state index in [1.807, 2.05) is 12.1 Å². The Labute approximate surface area is 242 Å². The van der Waals surface area contributed by atoms with Gasteiger partial charge >= 0.3 is 12.4 Å². The Morgan fingerprint density at radius 1 is 1.00 bits per heavy atom. The predicted molar refractivity (Wildman–Crippen MR) is 144 cm³/mol. The van der Waals surface area contributed by atoms with Crippen molar-refractivity contribution in [3.05, 3.63) is 53.1 Å². The minimum Gasteiger partial charge on any atom is -0.369 e. The van der Waals surface area contributed by atoms with E-state index in [2.05, 4.69) is 10.6 Å². The molecule has 1 heterocycles. The summed E-state index contributed by atoms with van der Waals surface area (Å²) in [6, 6.07) is 10.8. The van der Waals surface area contributed by atoms with E-state index in [1.54, 1.807) is 35.2 Å². The summed E-state index contributed by atoms with van der Waals surface area (Å²) >= 11 is 6.22. The number of hydrogen-bond acceptors (Lipinski definition) is 4. The average molecular weight is 619 g/mol. The highest BCUT2D eigenvalue weighted by atomic mass is 35.5. The van der Waals surface area contributed by atoms with Gasteiger partial charge in [0.1, 0.15) is 6.04 Å². The summed E-state index contributed by atoms with van der Waals surface area (Å²) in [6.45, 7) is -0.186. The van der Waals surface area contributed by atoms with Gasteiger partial charge in [0.2, 0.25) is 17.7 Å². The standard InChI is InChI=1S/C28H29ClF6N4O3/c29-16-3-1-4-17(13-16)39-14-21(26(42)38-23-18(15-7-8-15)5-2-6-22(23)39)37-25(41)20(10-12-28(33,34)35)19(24(36)40)9-11-27(30,31)32/h1-6,13,15,19-21H,7-12,14H2,(H2,36,40)(H,37,41)(H,38,42)/t19-,20+,21+/m1/s1. The molecule has 7 nitrogen and oxygen atoms in total. The van der Waals surface area contributed by atoms with Crippen LogP contribution in [0.2, 0.25) is 5.02 Å². The van der Waals surface area contributed by atoms with Gasteiger partial charge in [0, 0.05) is 35.4 Å². The van der Waals surface area contributed by atoms with Gasteiger partial charge in [-0.05, 0) is 61.4 Å². The third-order valence-corrected chi connectivity index (χ3v) is 7.65. The molecule has 1 fully saturated rings. The highest BCUT2D eigenvalue weighted by molar-refractivity contribution is 6.30. The first-order valence-corrected chi connectivity index (χ1v) is 13.7. The summed E-state index contributed by atoms with van der Waals surface area (Å²) < 4.78 is 78.2. The lowest BCUT2D eigenvalue weighted by Gasteiger charge is -2.30. The molecular formula is C28H29ClF6N4O3. The van der Waals surface area contributed by atoms with Crippen molar-refractivity contribution in [3.8, 4) is 0 Å². The first-order chi connectivity index (χ1) is 19.6. The number of primary amides is 1. The molecular weight excluding hydrogens is 590 g/mol. The van der Waals surface area contributed by atoms with Crippen LogP contribution in [0.4, 0.5) is 43.4 Å². The molecule has 1 aliphatic heterocycles. The number of carbonyl (C=O) groups excluding carboxylic acids is 3. The third-order valence-electron chi connectivity index (χ3n) is 7.41. The lowest BCUT2D eigenvalue weighted by atomic mass is 9.83. The van der Waals surface area contributed by atoms with Crippen LogP contribution < -0.4 is 21.3 Å². The molecule has 0 aromatic heterocycles. The average Bonchev–Trinajstić information content (AvgIpc) is 3.73. The van der Waals surface area contributed by atoms with Crippen molar-refractivity contribution >= 4 is 46.4 Å². The Morgan fingerprint density at radius 2 is 1.62 bits per heavy atom. The van der Waals surface area contributed by atoms with Crippen LogP contribution in [0.15, 0.2) is 42.5 Å². The van der Waals surface area contributed by atoms with E-state index >= 15 is 0 Å². The number of fused-ring (bicyclic) bond motifs is 1. The minimum atomic E-state index is -4.76. The van der Waals surface area contributed by atoms with Crippen molar-refractivity contribution < 1.29 is 40.7 Å². The molecule has 42 heavy (non-hydrogen) atoms. The maximum atomic E-state index is 13.5. The van der Waals surface area contributed by atoms with Crippen LogP contribution in [-0.2, 0) is 14.4 Å². The second kappa shape index (κ2) is 12.4. The summed E-state index contributed by atoms with van der Waals surface area (Å²) in [6.07, 6.45) is -12.7. The van der Waals surface area contributed by atoms with Crippen LogP contribution in [0, 0.1) is 11.8 Å². The molecule has 0 unspecified atom stereocenters.